The highest BCUT2D eigenvalue weighted by Gasteiger charge is 2.21. The van der Waals surface area contributed by atoms with Crippen LogP contribution in [0.25, 0.3) is 0 Å². The van der Waals surface area contributed by atoms with E-state index in [1.165, 1.54) is 38.2 Å². The van der Waals surface area contributed by atoms with E-state index in [2.05, 4.69) is 17.6 Å². The van der Waals surface area contributed by atoms with E-state index in [1.807, 2.05) is 0 Å². The molecule has 2 atom stereocenters. The third kappa shape index (κ3) is 3.48. The lowest BCUT2D eigenvalue weighted by molar-refractivity contribution is 0.0943. The summed E-state index contributed by atoms with van der Waals surface area (Å²) in [4.78, 5) is 12.1. The predicted octanol–water partition coefficient (Wildman–Crippen LogP) is 1.95. The number of hydrogen-bond acceptors (Lipinski definition) is 3. The van der Waals surface area contributed by atoms with Crippen LogP contribution in [0.3, 0.4) is 0 Å². The summed E-state index contributed by atoms with van der Waals surface area (Å²) in [5.41, 5.74) is 0.409. The van der Waals surface area contributed by atoms with Crippen LogP contribution in [0.2, 0.25) is 0 Å². The maximum Gasteiger partial charge on any atom is 0.251 e. The Kier molecular flexibility index (Phi) is 4.95. The fraction of sp³-hybridized carbons (Fsp3) is 0.533. The molecule has 1 amide bonds. The highest BCUT2D eigenvalue weighted by molar-refractivity contribution is 5.94. The van der Waals surface area contributed by atoms with E-state index >= 15 is 0 Å². The van der Waals surface area contributed by atoms with Crippen LogP contribution in [0.5, 0.6) is 5.75 Å². The number of rotatable bonds is 4. The molecule has 0 bridgehead atoms. The minimum absolute atomic E-state index is 0.0850. The van der Waals surface area contributed by atoms with Gasteiger partial charge < -0.3 is 15.4 Å². The molecule has 2 unspecified atom stereocenters. The van der Waals surface area contributed by atoms with Gasteiger partial charge in [0.2, 0.25) is 0 Å². The number of methoxy groups -OCH3 is 1. The van der Waals surface area contributed by atoms with Gasteiger partial charge in [0.05, 0.1) is 7.11 Å². The molecule has 4 nitrogen and oxygen atoms in total. The number of piperidine rings is 1. The van der Waals surface area contributed by atoms with Gasteiger partial charge in [0, 0.05) is 18.2 Å². The molecule has 20 heavy (non-hydrogen) atoms. The van der Waals surface area contributed by atoms with E-state index in [1.54, 1.807) is 0 Å². The van der Waals surface area contributed by atoms with Crippen molar-refractivity contribution >= 4 is 5.91 Å². The van der Waals surface area contributed by atoms with Crippen molar-refractivity contribution in [2.45, 2.75) is 25.8 Å². The monoisotopic (exact) mass is 280 g/mol. The summed E-state index contributed by atoms with van der Waals surface area (Å²) in [6, 6.07) is 4.43. The predicted molar refractivity (Wildman–Crippen MR) is 75.5 cm³/mol. The molecule has 0 radical (unpaired) electrons. The Labute approximate surface area is 118 Å². The van der Waals surface area contributed by atoms with E-state index in [0.717, 1.165) is 6.54 Å². The quantitative estimate of drug-likeness (QED) is 0.886. The molecule has 0 aliphatic carbocycles. The molecule has 110 valence electrons. The third-order valence-corrected chi connectivity index (χ3v) is 3.83. The van der Waals surface area contributed by atoms with Crippen LogP contribution in [0.4, 0.5) is 4.39 Å². The standard InChI is InChI=1S/C15H21FN2O2/c1-10-4-3-7-17-13(10)9-18-15(19)11-5-6-12(16)14(8-11)20-2/h5-6,8,10,13,17H,3-4,7,9H2,1-2H3,(H,18,19). The number of amides is 1. The van der Waals surface area contributed by atoms with Crippen LogP contribution < -0.4 is 15.4 Å². The van der Waals surface area contributed by atoms with Crippen molar-refractivity contribution < 1.29 is 13.9 Å². The molecular formula is C15H21FN2O2. The Balaban J connectivity index is 1.94. The molecule has 5 heteroatoms. The summed E-state index contributed by atoms with van der Waals surface area (Å²) in [5, 5.41) is 6.30. The first-order valence-electron chi connectivity index (χ1n) is 6.97. The molecule has 2 N–H and O–H groups in total. The summed E-state index contributed by atoms with van der Waals surface area (Å²) in [7, 11) is 1.38. The van der Waals surface area contributed by atoms with Gasteiger partial charge in [-0.15, -0.1) is 0 Å². The minimum Gasteiger partial charge on any atom is -0.494 e. The van der Waals surface area contributed by atoms with Crippen LogP contribution >= 0.6 is 0 Å². The molecule has 0 spiro atoms. The van der Waals surface area contributed by atoms with Crippen LogP contribution in [0, 0.1) is 11.7 Å². The Morgan fingerprint density at radius 3 is 3.05 bits per heavy atom. The number of hydrogen-bond donors (Lipinski definition) is 2. The van der Waals surface area contributed by atoms with Crippen molar-refractivity contribution in [2.75, 3.05) is 20.2 Å². The second-order valence-corrected chi connectivity index (χ2v) is 5.24. The second-order valence-electron chi connectivity index (χ2n) is 5.24. The third-order valence-electron chi connectivity index (χ3n) is 3.83. The van der Waals surface area contributed by atoms with Gasteiger partial charge >= 0.3 is 0 Å². The average Bonchev–Trinajstić information content (AvgIpc) is 2.46. The normalized spacial score (nSPS) is 22.4. The van der Waals surface area contributed by atoms with Gasteiger partial charge in [-0.3, -0.25) is 4.79 Å². The summed E-state index contributed by atoms with van der Waals surface area (Å²) < 4.78 is 18.2. The number of carbonyl (C=O) groups is 1. The van der Waals surface area contributed by atoms with Gasteiger partial charge in [0.25, 0.3) is 5.91 Å². The van der Waals surface area contributed by atoms with Gasteiger partial charge in [-0.2, -0.15) is 0 Å². The maximum absolute atomic E-state index is 13.3. The number of halogens is 1. The zero-order chi connectivity index (χ0) is 14.5. The summed E-state index contributed by atoms with van der Waals surface area (Å²) in [6.07, 6.45) is 2.36. The van der Waals surface area contributed by atoms with Crippen molar-refractivity contribution in [1.82, 2.24) is 10.6 Å². The Hall–Kier alpha value is -1.62. The topological polar surface area (TPSA) is 50.4 Å². The SMILES string of the molecule is COc1cc(C(=O)NCC2NCCCC2C)ccc1F. The number of carbonyl (C=O) groups excluding carboxylic acids is 1. The fourth-order valence-corrected chi connectivity index (χ4v) is 2.49. The van der Waals surface area contributed by atoms with E-state index in [-0.39, 0.29) is 11.7 Å². The molecule has 1 aromatic carbocycles. The highest BCUT2D eigenvalue weighted by atomic mass is 19.1. The van der Waals surface area contributed by atoms with E-state index in [0.29, 0.717) is 24.1 Å². The Morgan fingerprint density at radius 2 is 2.35 bits per heavy atom. The lowest BCUT2D eigenvalue weighted by atomic mass is 9.93. The maximum atomic E-state index is 13.3. The second kappa shape index (κ2) is 6.70. The molecule has 1 aliphatic rings. The lowest BCUT2D eigenvalue weighted by Gasteiger charge is -2.30. The van der Waals surface area contributed by atoms with Crippen LogP contribution in [-0.2, 0) is 0 Å². The van der Waals surface area contributed by atoms with Gasteiger partial charge in [0.15, 0.2) is 11.6 Å². The molecule has 0 aromatic heterocycles. The number of nitrogens with one attached hydrogen (secondary N) is 2. The fourth-order valence-electron chi connectivity index (χ4n) is 2.49. The molecule has 2 rings (SSSR count). The summed E-state index contributed by atoms with van der Waals surface area (Å²) >= 11 is 0. The largest absolute Gasteiger partial charge is 0.494 e. The Bertz CT molecular complexity index is 479. The Morgan fingerprint density at radius 1 is 1.55 bits per heavy atom. The number of ether oxygens (including phenoxy) is 1. The molecule has 1 fully saturated rings. The lowest BCUT2D eigenvalue weighted by Crippen LogP contribution is -2.47. The first-order valence-corrected chi connectivity index (χ1v) is 6.97. The zero-order valence-electron chi connectivity index (χ0n) is 11.9. The van der Waals surface area contributed by atoms with Crippen LogP contribution in [0.15, 0.2) is 18.2 Å². The van der Waals surface area contributed by atoms with Crippen LogP contribution in [0.1, 0.15) is 30.1 Å². The molecule has 1 heterocycles. The smallest absolute Gasteiger partial charge is 0.251 e. The molecule has 1 aliphatic heterocycles. The number of benzene rings is 1. The van der Waals surface area contributed by atoms with Crippen molar-refractivity contribution in [2.24, 2.45) is 5.92 Å². The van der Waals surface area contributed by atoms with Gasteiger partial charge in [-0.25, -0.2) is 4.39 Å². The first-order chi connectivity index (χ1) is 9.61. The molecule has 0 saturated carbocycles. The van der Waals surface area contributed by atoms with E-state index in [9.17, 15) is 9.18 Å². The zero-order valence-corrected chi connectivity index (χ0v) is 11.9. The molecule has 1 saturated heterocycles. The van der Waals surface area contributed by atoms with E-state index < -0.39 is 5.82 Å². The summed E-state index contributed by atoms with van der Waals surface area (Å²) in [6.45, 7) is 3.76. The van der Waals surface area contributed by atoms with Crippen molar-refractivity contribution in [3.63, 3.8) is 0 Å². The first kappa shape index (κ1) is 14.8. The molecular weight excluding hydrogens is 259 g/mol. The minimum atomic E-state index is -0.466. The molecule has 1 aromatic rings. The van der Waals surface area contributed by atoms with E-state index in [4.69, 9.17) is 4.74 Å². The van der Waals surface area contributed by atoms with Gasteiger partial charge in [-0.05, 0) is 43.5 Å². The average molecular weight is 280 g/mol. The summed E-state index contributed by atoms with van der Waals surface area (Å²) in [5.74, 6) is -0.0388. The highest BCUT2D eigenvalue weighted by Crippen LogP contribution is 2.18. The van der Waals surface area contributed by atoms with Crippen molar-refractivity contribution in [3.05, 3.63) is 29.6 Å². The van der Waals surface area contributed by atoms with Crippen LogP contribution in [-0.4, -0.2) is 32.1 Å². The van der Waals surface area contributed by atoms with Crippen molar-refractivity contribution in [1.29, 1.82) is 0 Å². The van der Waals surface area contributed by atoms with Crippen molar-refractivity contribution in [3.8, 4) is 5.75 Å². The van der Waals surface area contributed by atoms with Gasteiger partial charge in [0.1, 0.15) is 0 Å². The van der Waals surface area contributed by atoms with Gasteiger partial charge in [-0.1, -0.05) is 6.92 Å².